The first-order chi connectivity index (χ1) is 13.2. The molecule has 0 N–H and O–H groups in total. The van der Waals surface area contributed by atoms with Gasteiger partial charge in [-0.1, -0.05) is 34.1 Å². The highest BCUT2D eigenvalue weighted by atomic mass is 16.1. The number of Topliss-reactive ketones (excluding diaryl/α,β-unsaturated/α-hetero) is 1. The molecule has 5 aliphatic rings. The van der Waals surface area contributed by atoms with Gasteiger partial charge in [-0.2, -0.15) is 0 Å². The van der Waals surface area contributed by atoms with Gasteiger partial charge < -0.3 is 4.79 Å². The number of hydrogen-bond donors (Lipinski definition) is 0. The number of rotatable bonds is 1. The quantitative estimate of drug-likeness (QED) is 0.503. The van der Waals surface area contributed by atoms with Gasteiger partial charge >= 0.3 is 0 Å². The minimum absolute atomic E-state index is 0.0325. The first-order valence-electron chi connectivity index (χ1n) is 12.2. The number of carbonyl (C=O) groups is 2. The second-order valence-electron chi connectivity index (χ2n) is 12.5. The van der Waals surface area contributed by atoms with Gasteiger partial charge in [0, 0.05) is 17.3 Å². The van der Waals surface area contributed by atoms with Crippen molar-refractivity contribution in [2.45, 2.75) is 98.3 Å². The molecule has 5 rings (SSSR count). The number of ketones is 1. The zero-order valence-electron chi connectivity index (χ0n) is 18.6. The van der Waals surface area contributed by atoms with E-state index in [-0.39, 0.29) is 10.8 Å². The molecule has 0 aliphatic heterocycles. The summed E-state index contributed by atoms with van der Waals surface area (Å²) in [7, 11) is 0. The predicted molar refractivity (Wildman–Crippen MR) is 112 cm³/mol. The van der Waals surface area contributed by atoms with E-state index in [2.05, 4.69) is 27.7 Å². The van der Waals surface area contributed by atoms with E-state index < -0.39 is 0 Å². The van der Waals surface area contributed by atoms with Gasteiger partial charge in [0.05, 0.1) is 0 Å². The first-order valence-corrected chi connectivity index (χ1v) is 12.2. The lowest BCUT2D eigenvalue weighted by atomic mass is 9.36. The fourth-order valence-corrected chi connectivity index (χ4v) is 10.3. The van der Waals surface area contributed by atoms with Crippen LogP contribution < -0.4 is 0 Å². The fraction of sp³-hybridized carbons (Fsp3) is 0.923. The first kappa shape index (κ1) is 19.3. The Labute approximate surface area is 171 Å². The molecule has 0 radical (unpaired) electrons. The molecule has 2 nitrogen and oxygen atoms in total. The molecule has 5 saturated carbocycles. The van der Waals surface area contributed by atoms with E-state index in [1.165, 1.54) is 51.2 Å². The molecule has 0 amide bonds. The molecule has 2 heteroatoms. The van der Waals surface area contributed by atoms with Crippen LogP contribution in [0.25, 0.3) is 0 Å². The van der Waals surface area contributed by atoms with Gasteiger partial charge in [-0.15, -0.1) is 0 Å². The molecule has 156 valence electrons. The number of aldehydes is 1. The Hall–Kier alpha value is -0.660. The molecular weight excluding hydrogens is 344 g/mol. The Bertz CT molecular complexity index is 695. The lowest BCUT2D eigenvalue weighted by molar-refractivity contribution is -0.195. The minimum Gasteiger partial charge on any atom is -0.303 e. The van der Waals surface area contributed by atoms with Gasteiger partial charge in [-0.3, -0.25) is 4.79 Å². The van der Waals surface area contributed by atoms with Gasteiger partial charge in [0.1, 0.15) is 12.1 Å². The molecule has 5 aliphatic carbocycles. The van der Waals surface area contributed by atoms with Gasteiger partial charge in [-0.05, 0) is 98.2 Å². The Kier molecular flexibility index (Phi) is 4.10. The van der Waals surface area contributed by atoms with Crippen LogP contribution in [0.3, 0.4) is 0 Å². The van der Waals surface area contributed by atoms with E-state index in [1.54, 1.807) is 0 Å². The molecule has 0 aromatic heterocycles. The molecule has 0 bridgehead atoms. The van der Waals surface area contributed by atoms with Crippen molar-refractivity contribution >= 4 is 12.1 Å². The van der Waals surface area contributed by atoms with Gasteiger partial charge in [0.25, 0.3) is 0 Å². The second kappa shape index (κ2) is 5.94. The van der Waals surface area contributed by atoms with Crippen molar-refractivity contribution in [3.63, 3.8) is 0 Å². The summed E-state index contributed by atoms with van der Waals surface area (Å²) in [4.78, 5) is 24.9. The van der Waals surface area contributed by atoms with E-state index in [9.17, 15) is 9.59 Å². The van der Waals surface area contributed by atoms with Crippen LogP contribution in [0, 0.1) is 51.2 Å². The van der Waals surface area contributed by atoms with E-state index in [4.69, 9.17) is 0 Å². The summed E-state index contributed by atoms with van der Waals surface area (Å²) in [6.45, 7) is 9.66. The second-order valence-corrected chi connectivity index (χ2v) is 12.5. The maximum absolute atomic E-state index is 12.7. The Morgan fingerprint density at radius 3 is 2.32 bits per heavy atom. The Morgan fingerprint density at radius 1 is 0.786 bits per heavy atom. The van der Waals surface area contributed by atoms with Gasteiger partial charge in [0.15, 0.2) is 0 Å². The van der Waals surface area contributed by atoms with Crippen molar-refractivity contribution in [2.24, 2.45) is 51.2 Å². The molecule has 8 unspecified atom stereocenters. The average Bonchev–Trinajstić information content (AvgIpc) is 3.10. The molecule has 0 aromatic carbocycles. The summed E-state index contributed by atoms with van der Waals surface area (Å²) in [6.07, 6.45) is 14.6. The van der Waals surface area contributed by atoms with Crippen LogP contribution in [0.1, 0.15) is 98.3 Å². The maximum atomic E-state index is 12.7. The normalized spacial score (nSPS) is 54.9. The fourth-order valence-electron chi connectivity index (χ4n) is 10.3. The van der Waals surface area contributed by atoms with Crippen molar-refractivity contribution in [1.82, 2.24) is 0 Å². The van der Waals surface area contributed by atoms with Crippen molar-refractivity contribution in [3.05, 3.63) is 0 Å². The Morgan fingerprint density at radius 2 is 1.57 bits per heavy atom. The van der Waals surface area contributed by atoms with Crippen LogP contribution >= 0.6 is 0 Å². The molecule has 0 aromatic rings. The van der Waals surface area contributed by atoms with Crippen LogP contribution in [0.5, 0.6) is 0 Å². The van der Waals surface area contributed by atoms with Crippen molar-refractivity contribution in [3.8, 4) is 0 Å². The highest BCUT2D eigenvalue weighted by Gasteiger charge is 2.66. The smallest absolute Gasteiger partial charge is 0.138 e. The van der Waals surface area contributed by atoms with E-state index >= 15 is 0 Å². The molecule has 0 heterocycles. The van der Waals surface area contributed by atoms with Crippen LogP contribution in [-0.2, 0) is 9.59 Å². The van der Waals surface area contributed by atoms with Crippen LogP contribution in [0.2, 0.25) is 0 Å². The topological polar surface area (TPSA) is 34.1 Å². The SMILES string of the molecule is CC1(C)C(=O)CCC2(C)C1CCC1(C)C3CCC4(C=O)CCCC4C3CCC12. The van der Waals surface area contributed by atoms with Crippen LogP contribution in [0.15, 0.2) is 0 Å². The third kappa shape index (κ3) is 2.21. The minimum atomic E-state index is -0.143. The van der Waals surface area contributed by atoms with E-state index in [0.29, 0.717) is 28.4 Å². The zero-order chi connectivity index (χ0) is 19.9. The predicted octanol–water partition coefficient (Wildman–Crippen LogP) is 6.22. The molecule has 0 spiro atoms. The third-order valence-electron chi connectivity index (χ3n) is 11.6. The Balaban J connectivity index is 1.49. The zero-order valence-corrected chi connectivity index (χ0v) is 18.6. The van der Waals surface area contributed by atoms with Crippen LogP contribution in [0.4, 0.5) is 0 Å². The van der Waals surface area contributed by atoms with Crippen molar-refractivity contribution in [1.29, 1.82) is 0 Å². The van der Waals surface area contributed by atoms with Crippen molar-refractivity contribution < 1.29 is 9.59 Å². The lowest BCUT2D eigenvalue weighted by Gasteiger charge is -2.68. The summed E-state index contributed by atoms with van der Waals surface area (Å²) in [6, 6.07) is 0. The highest BCUT2D eigenvalue weighted by molar-refractivity contribution is 5.85. The molecule has 5 fully saturated rings. The van der Waals surface area contributed by atoms with E-state index in [1.807, 2.05) is 0 Å². The van der Waals surface area contributed by atoms with Crippen molar-refractivity contribution in [2.75, 3.05) is 0 Å². The average molecular weight is 385 g/mol. The summed E-state index contributed by atoms with van der Waals surface area (Å²) in [5.41, 5.74) is 0.632. The van der Waals surface area contributed by atoms with Gasteiger partial charge in [0.2, 0.25) is 0 Å². The monoisotopic (exact) mass is 384 g/mol. The maximum Gasteiger partial charge on any atom is 0.138 e. The summed E-state index contributed by atoms with van der Waals surface area (Å²) in [5, 5.41) is 0. The molecule has 8 atom stereocenters. The number of hydrogen-bond acceptors (Lipinski definition) is 2. The number of fused-ring (bicyclic) bond motifs is 7. The van der Waals surface area contributed by atoms with Gasteiger partial charge in [-0.25, -0.2) is 0 Å². The lowest BCUT2D eigenvalue weighted by Crippen LogP contribution is -2.62. The molecule has 28 heavy (non-hydrogen) atoms. The summed E-state index contributed by atoms with van der Waals surface area (Å²) < 4.78 is 0. The van der Waals surface area contributed by atoms with Crippen LogP contribution in [-0.4, -0.2) is 12.1 Å². The third-order valence-corrected chi connectivity index (χ3v) is 11.6. The molecule has 0 saturated heterocycles. The standard InChI is InChI=1S/C26H40O2/c1-23(2)20-10-13-24(3)18-9-15-26(16-27)12-5-6-19(26)17(18)7-8-21(24)25(20,4)14-11-22(23)28/h16-21H,5-15H2,1-4H3. The summed E-state index contributed by atoms with van der Waals surface area (Å²) in [5.74, 6) is 4.07. The number of carbonyl (C=O) groups excluding carboxylic acids is 2. The molecular formula is C26H40O2. The largest absolute Gasteiger partial charge is 0.303 e. The van der Waals surface area contributed by atoms with E-state index in [0.717, 1.165) is 43.4 Å². The summed E-state index contributed by atoms with van der Waals surface area (Å²) >= 11 is 0. The highest BCUT2D eigenvalue weighted by Crippen LogP contribution is 2.72.